The lowest BCUT2D eigenvalue weighted by atomic mass is 10.1. The Kier molecular flexibility index (Phi) is 12.1. The summed E-state index contributed by atoms with van der Waals surface area (Å²) in [6.07, 6.45) is 17.2. The third-order valence-corrected chi connectivity index (χ3v) is 5.53. The molecule has 1 aromatic heterocycles. The number of benzene rings is 1. The highest BCUT2D eigenvalue weighted by molar-refractivity contribution is 5.55. The van der Waals surface area contributed by atoms with Crippen molar-refractivity contribution in [3.63, 3.8) is 0 Å². The Hall–Kier alpha value is -1.97. The fraction of sp³-hybridized carbons (Fsp3) is 0.615. The van der Waals surface area contributed by atoms with Crippen LogP contribution in [-0.4, -0.2) is 22.7 Å². The fourth-order valence-corrected chi connectivity index (χ4v) is 3.48. The Balaban J connectivity index is 1.66. The summed E-state index contributed by atoms with van der Waals surface area (Å²) in [4.78, 5) is 9.06. The zero-order chi connectivity index (χ0) is 21.4. The molecule has 0 aliphatic rings. The second-order valence-electron chi connectivity index (χ2n) is 8.16. The number of alkyl halides is 1. The lowest BCUT2D eigenvalue weighted by Crippen LogP contribution is -2.06. The molecule has 166 valence electrons. The molecule has 1 atom stereocenters. The third-order valence-electron chi connectivity index (χ3n) is 5.53. The number of unbranched alkanes of at least 4 members (excludes halogenated alkanes) is 8. The molecule has 0 radical (unpaired) electrons. The quantitative estimate of drug-likeness (QED) is 0.264. The van der Waals surface area contributed by atoms with Crippen molar-refractivity contribution in [2.24, 2.45) is 0 Å². The van der Waals surface area contributed by atoms with Crippen LogP contribution in [0.15, 0.2) is 36.7 Å². The number of halogens is 1. The largest absolute Gasteiger partial charge is 0.493 e. The summed E-state index contributed by atoms with van der Waals surface area (Å²) in [6, 6.07) is 7.71. The molecule has 4 heteroatoms. The van der Waals surface area contributed by atoms with Crippen LogP contribution in [0.25, 0.3) is 11.4 Å². The molecule has 3 nitrogen and oxygen atoms in total. The summed E-state index contributed by atoms with van der Waals surface area (Å²) >= 11 is 0. The van der Waals surface area contributed by atoms with Crippen LogP contribution < -0.4 is 4.74 Å². The van der Waals surface area contributed by atoms with Gasteiger partial charge in [0.2, 0.25) is 0 Å². The van der Waals surface area contributed by atoms with E-state index in [0.717, 1.165) is 23.6 Å². The summed E-state index contributed by atoms with van der Waals surface area (Å²) in [5.41, 5.74) is 2.17. The van der Waals surface area contributed by atoms with E-state index in [4.69, 9.17) is 4.74 Å². The minimum Gasteiger partial charge on any atom is -0.493 e. The zero-order valence-electron chi connectivity index (χ0n) is 18.9. The van der Waals surface area contributed by atoms with Crippen molar-refractivity contribution < 1.29 is 9.13 Å². The molecule has 0 aliphatic carbocycles. The van der Waals surface area contributed by atoms with Crippen molar-refractivity contribution in [2.45, 2.75) is 97.1 Å². The Bertz CT molecular complexity index is 672. The van der Waals surface area contributed by atoms with Crippen LogP contribution in [-0.2, 0) is 6.42 Å². The van der Waals surface area contributed by atoms with E-state index >= 15 is 0 Å². The molecule has 1 heterocycles. The molecule has 0 saturated carbocycles. The lowest BCUT2D eigenvalue weighted by Gasteiger charge is -2.09. The first kappa shape index (κ1) is 24.3. The average molecular weight is 415 g/mol. The maximum atomic E-state index is 13.2. The van der Waals surface area contributed by atoms with E-state index in [1.165, 1.54) is 63.4 Å². The van der Waals surface area contributed by atoms with Gasteiger partial charge in [0.25, 0.3) is 0 Å². The van der Waals surface area contributed by atoms with Crippen molar-refractivity contribution in [1.29, 1.82) is 0 Å². The first-order valence-corrected chi connectivity index (χ1v) is 11.9. The van der Waals surface area contributed by atoms with E-state index in [0.29, 0.717) is 19.4 Å². The maximum Gasteiger partial charge on any atom is 0.159 e. The van der Waals surface area contributed by atoms with Gasteiger partial charge < -0.3 is 4.74 Å². The van der Waals surface area contributed by atoms with Crippen LogP contribution in [0.1, 0.15) is 90.0 Å². The van der Waals surface area contributed by atoms with Crippen molar-refractivity contribution in [2.75, 3.05) is 6.61 Å². The molecule has 0 N–H and O–H groups in total. The molecule has 0 fully saturated rings. The molecule has 1 aromatic carbocycles. The standard InChI is InChI=1S/C26H39FN2O/c1-3-5-6-7-8-9-10-11-12-13-22-20-28-26(29-21-22)23-14-16-25(17-15-23)30-19-18-24(27)4-2/h14-17,20-21,24H,3-13,18-19H2,1-2H3. The third kappa shape index (κ3) is 9.69. The van der Waals surface area contributed by atoms with E-state index in [1.807, 2.05) is 43.6 Å². The number of rotatable bonds is 16. The topological polar surface area (TPSA) is 35.0 Å². The second-order valence-corrected chi connectivity index (χ2v) is 8.16. The molecule has 0 spiro atoms. The molecule has 0 aliphatic heterocycles. The van der Waals surface area contributed by atoms with Gasteiger partial charge in [-0.3, -0.25) is 0 Å². The predicted octanol–water partition coefficient (Wildman–Crippen LogP) is 7.73. The zero-order valence-corrected chi connectivity index (χ0v) is 18.9. The molecule has 0 saturated heterocycles. The van der Waals surface area contributed by atoms with Gasteiger partial charge in [-0.2, -0.15) is 0 Å². The Morgan fingerprint density at radius 3 is 2.03 bits per heavy atom. The molecule has 1 unspecified atom stereocenters. The van der Waals surface area contributed by atoms with Gasteiger partial charge in [-0.15, -0.1) is 0 Å². The van der Waals surface area contributed by atoms with Crippen molar-refractivity contribution in [1.82, 2.24) is 9.97 Å². The monoisotopic (exact) mass is 414 g/mol. The van der Waals surface area contributed by atoms with Gasteiger partial charge in [0.05, 0.1) is 6.61 Å². The number of aromatic nitrogens is 2. The number of hydrogen-bond acceptors (Lipinski definition) is 3. The molecular formula is C26H39FN2O. The highest BCUT2D eigenvalue weighted by Crippen LogP contribution is 2.20. The summed E-state index contributed by atoms with van der Waals surface area (Å²) in [5.74, 6) is 1.48. The van der Waals surface area contributed by atoms with E-state index in [-0.39, 0.29) is 0 Å². The van der Waals surface area contributed by atoms with E-state index < -0.39 is 6.17 Å². The smallest absolute Gasteiger partial charge is 0.159 e. The molecule has 30 heavy (non-hydrogen) atoms. The SMILES string of the molecule is CCCCCCCCCCCc1cnc(-c2ccc(OCCC(F)CC)cc2)nc1. The number of ether oxygens (including phenoxy) is 1. The minimum atomic E-state index is -0.785. The number of hydrogen-bond donors (Lipinski definition) is 0. The van der Waals surface area contributed by atoms with Gasteiger partial charge in [0.1, 0.15) is 11.9 Å². The van der Waals surface area contributed by atoms with Crippen LogP contribution in [0, 0.1) is 0 Å². The average Bonchev–Trinajstić information content (AvgIpc) is 2.79. The van der Waals surface area contributed by atoms with Gasteiger partial charge in [-0.1, -0.05) is 65.2 Å². The van der Waals surface area contributed by atoms with Crippen LogP contribution in [0.3, 0.4) is 0 Å². The van der Waals surface area contributed by atoms with Crippen molar-refractivity contribution >= 4 is 0 Å². The van der Waals surface area contributed by atoms with Gasteiger partial charge in [-0.25, -0.2) is 14.4 Å². The van der Waals surface area contributed by atoms with Crippen molar-refractivity contribution in [3.05, 3.63) is 42.2 Å². The second kappa shape index (κ2) is 14.9. The highest BCUT2D eigenvalue weighted by atomic mass is 19.1. The van der Waals surface area contributed by atoms with Gasteiger partial charge in [0.15, 0.2) is 5.82 Å². The Labute approximate surface area is 182 Å². The highest BCUT2D eigenvalue weighted by Gasteiger charge is 2.05. The maximum absolute atomic E-state index is 13.2. The predicted molar refractivity (Wildman–Crippen MR) is 124 cm³/mol. The van der Waals surface area contributed by atoms with E-state index in [9.17, 15) is 4.39 Å². The number of nitrogens with zero attached hydrogens (tertiary/aromatic N) is 2. The van der Waals surface area contributed by atoms with Gasteiger partial charge >= 0.3 is 0 Å². The summed E-state index contributed by atoms with van der Waals surface area (Å²) in [5, 5.41) is 0. The Morgan fingerprint density at radius 1 is 0.833 bits per heavy atom. The first-order valence-electron chi connectivity index (χ1n) is 11.9. The van der Waals surface area contributed by atoms with Gasteiger partial charge in [-0.05, 0) is 49.1 Å². The van der Waals surface area contributed by atoms with Crippen LogP contribution in [0.2, 0.25) is 0 Å². The molecule has 2 rings (SSSR count). The Morgan fingerprint density at radius 2 is 1.43 bits per heavy atom. The molecular weight excluding hydrogens is 375 g/mol. The molecule has 0 amide bonds. The van der Waals surface area contributed by atoms with Crippen LogP contribution >= 0.6 is 0 Å². The summed E-state index contributed by atoms with van der Waals surface area (Å²) in [6.45, 7) is 4.51. The van der Waals surface area contributed by atoms with Crippen LogP contribution in [0.4, 0.5) is 4.39 Å². The molecule has 0 bridgehead atoms. The first-order chi connectivity index (χ1) is 14.7. The minimum absolute atomic E-state index is 0.401. The summed E-state index contributed by atoms with van der Waals surface area (Å²) < 4.78 is 18.8. The normalized spacial score (nSPS) is 12.1. The van der Waals surface area contributed by atoms with E-state index in [1.54, 1.807) is 0 Å². The number of aryl methyl sites for hydroxylation is 1. The summed E-state index contributed by atoms with van der Waals surface area (Å²) in [7, 11) is 0. The lowest BCUT2D eigenvalue weighted by molar-refractivity contribution is 0.231. The molecule has 2 aromatic rings. The van der Waals surface area contributed by atoms with Crippen LogP contribution in [0.5, 0.6) is 5.75 Å². The fourth-order valence-electron chi connectivity index (χ4n) is 3.48. The van der Waals surface area contributed by atoms with Crippen molar-refractivity contribution in [3.8, 4) is 17.1 Å². The van der Waals surface area contributed by atoms with E-state index in [2.05, 4.69) is 16.9 Å². The van der Waals surface area contributed by atoms with Gasteiger partial charge in [0, 0.05) is 24.4 Å².